The lowest BCUT2D eigenvalue weighted by molar-refractivity contribution is -0.384. The summed E-state index contributed by atoms with van der Waals surface area (Å²) in [4.78, 5) is 49.4. The maximum absolute atomic E-state index is 13.2. The van der Waals surface area contributed by atoms with Crippen LogP contribution in [-0.4, -0.2) is 29.9 Å². The van der Waals surface area contributed by atoms with Gasteiger partial charge in [-0.15, -0.1) is 0 Å². The van der Waals surface area contributed by atoms with Gasteiger partial charge >= 0.3 is 6.03 Å². The third-order valence-electron chi connectivity index (χ3n) is 5.63. The van der Waals surface area contributed by atoms with Crippen LogP contribution >= 0.6 is 15.9 Å². The first-order valence-corrected chi connectivity index (χ1v) is 12.1. The molecular formula is C27H22BrN3O7. The molecule has 0 spiro atoms. The Morgan fingerprint density at radius 1 is 1.05 bits per heavy atom. The minimum atomic E-state index is -1.01. The molecule has 4 rings (SSSR count). The summed E-state index contributed by atoms with van der Waals surface area (Å²) < 4.78 is 12.0. The zero-order valence-corrected chi connectivity index (χ0v) is 22.2. The number of amides is 4. The van der Waals surface area contributed by atoms with Gasteiger partial charge in [0, 0.05) is 12.1 Å². The van der Waals surface area contributed by atoms with E-state index in [1.807, 2.05) is 26.0 Å². The number of barbiturate groups is 1. The molecule has 1 N–H and O–H groups in total. The number of carbonyl (C=O) groups excluding carboxylic acids is 3. The molecule has 0 aromatic heterocycles. The Morgan fingerprint density at radius 3 is 2.42 bits per heavy atom. The highest BCUT2D eigenvalue weighted by atomic mass is 79.9. The first kappa shape index (κ1) is 26.6. The fraction of sp³-hybridized carbons (Fsp3) is 0.148. The maximum Gasteiger partial charge on any atom is 0.335 e. The molecule has 194 valence electrons. The molecule has 0 saturated carbocycles. The number of nitrogens with one attached hydrogen (secondary N) is 1. The molecule has 1 saturated heterocycles. The van der Waals surface area contributed by atoms with E-state index in [0.29, 0.717) is 33.0 Å². The van der Waals surface area contributed by atoms with Crippen LogP contribution in [-0.2, 0) is 16.2 Å². The van der Waals surface area contributed by atoms with Crippen molar-refractivity contribution in [1.29, 1.82) is 0 Å². The van der Waals surface area contributed by atoms with E-state index in [1.165, 1.54) is 31.4 Å². The molecule has 0 unspecified atom stereocenters. The first-order chi connectivity index (χ1) is 18.1. The number of hydrogen-bond donors (Lipinski definition) is 1. The van der Waals surface area contributed by atoms with Gasteiger partial charge in [0.15, 0.2) is 11.5 Å². The van der Waals surface area contributed by atoms with Crippen LogP contribution in [0.3, 0.4) is 0 Å². The predicted octanol–water partition coefficient (Wildman–Crippen LogP) is 5.23. The summed E-state index contributed by atoms with van der Waals surface area (Å²) in [6.07, 6.45) is 1.30. The zero-order chi connectivity index (χ0) is 27.6. The molecule has 11 heteroatoms. The van der Waals surface area contributed by atoms with E-state index in [2.05, 4.69) is 27.3 Å². The van der Waals surface area contributed by atoms with Crippen molar-refractivity contribution in [2.45, 2.75) is 20.5 Å². The molecular weight excluding hydrogens is 558 g/mol. The fourth-order valence-corrected chi connectivity index (χ4v) is 4.65. The van der Waals surface area contributed by atoms with Gasteiger partial charge in [-0.3, -0.25) is 25.0 Å². The minimum Gasteiger partial charge on any atom is -0.493 e. The number of nitrogens with zero attached hydrogens (tertiary/aromatic N) is 2. The highest BCUT2D eigenvalue weighted by Crippen LogP contribution is 2.38. The van der Waals surface area contributed by atoms with Crippen molar-refractivity contribution in [2.75, 3.05) is 12.0 Å². The average Bonchev–Trinajstić information content (AvgIpc) is 2.85. The van der Waals surface area contributed by atoms with E-state index < -0.39 is 22.8 Å². The summed E-state index contributed by atoms with van der Waals surface area (Å²) in [7, 11) is 1.46. The number of aryl methyl sites for hydroxylation is 2. The third-order valence-corrected chi connectivity index (χ3v) is 6.22. The summed E-state index contributed by atoms with van der Waals surface area (Å²) in [5.74, 6) is -1.04. The number of halogens is 1. The molecule has 0 bridgehead atoms. The van der Waals surface area contributed by atoms with Crippen molar-refractivity contribution < 1.29 is 28.8 Å². The predicted molar refractivity (Wildman–Crippen MR) is 143 cm³/mol. The van der Waals surface area contributed by atoms with Crippen molar-refractivity contribution in [3.05, 3.63) is 97.0 Å². The van der Waals surface area contributed by atoms with Crippen molar-refractivity contribution in [2.24, 2.45) is 0 Å². The first-order valence-electron chi connectivity index (χ1n) is 11.3. The molecule has 3 aromatic carbocycles. The molecule has 1 heterocycles. The minimum absolute atomic E-state index is 0.0472. The van der Waals surface area contributed by atoms with Gasteiger partial charge in [0.1, 0.15) is 12.2 Å². The summed E-state index contributed by atoms with van der Waals surface area (Å²) in [5.41, 5.74) is 2.94. The monoisotopic (exact) mass is 579 g/mol. The normalized spacial score (nSPS) is 14.5. The Labute approximate surface area is 226 Å². The van der Waals surface area contributed by atoms with Crippen LogP contribution in [0.25, 0.3) is 6.08 Å². The van der Waals surface area contributed by atoms with Gasteiger partial charge in [0.05, 0.1) is 22.2 Å². The number of benzene rings is 3. The van der Waals surface area contributed by atoms with Gasteiger partial charge in [-0.2, -0.15) is 0 Å². The van der Waals surface area contributed by atoms with Crippen LogP contribution in [0.4, 0.5) is 16.2 Å². The SMILES string of the molecule is COc1cc(/C=C2\C(=O)NC(=O)N(c3cccc([N+](=O)[O-])c3)C2=O)cc(Br)c1OCc1cc(C)cc(C)c1. The number of carbonyl (C=O) groups is 3. The van der Waals surface area contributed by atoms with Gasteiger partial charge < -0.3 is 9.47 Å². The molecule has 3 aromatic rings. The molecule has 0 radical (unpaired) electrons. The number of methoxy groups -OCH3 is 1. The number of urea groups is 1. The highest BCUT2D eigenvalue weighted by Gasteiger charge is 2.37. The highest BCUT2D eigenvalue weighted by molar-refractivity contribution is 9.10. The second-order valence-corrected chi connectivity index (χ2v) is 9.41. The molecule has 1 aliphatic rings. The lowest BCUT2D eigenvalue weighted by atomic mass is 10.1. The standard InChI is InChI=1S/C27H22BrN3O7/c1-15-7-16(2)9-18(8-15)14-38-24-22(28)11-17(12-23(24)37-3)10-21-25(32)29-27(34)30(26(21)33)19-5-4-6-20(13-19)31(35)36/h4-13H,14H2,1-3H3,(H,29,32,34)/b21-10+. The third kappa shape index (κ3) is 5.57. The number of hydrogen-bond acceptors (Lipinski definition) is 7. The number of anilines is 1. The second-order valence-electron chi connectivity index (χ2n) is 8.55. The van der Waals surface area contributed by atoms with Crippen molar-refractivity contribution in [3.63, 3.8) is 0 Å². The number of imide groups is 2. The van der Waals surface area contributed by atoms with Crippen LogP contribution in [0.1, 0.15) is 22.3 Å². The Hall–Kier alpha value is -4.51. The maximum atomic E-state index is 13.2. The molecule has 38 heavy (non-hydrogen) atoms. The van der Waals surface area contributed by atoms with Crippen molar-refractivity contribution in [1.82, 2.24) is 5.32 Å². The number of nitro benzene ring substituents is 1. The molecule has 10 nitrogen and oxygen atoms in total. The zero-order valence-electron chi connectivity index (χ0n) is 20.6. The van der Waals surface area contributed by atoms with Gasteiger partial charge in [-0.05, 0) is 65.2 Å². The van der Waals surface area contributed by atoms with Crippen LogP contribution in [0, 0.1) is 24.0 Å². The van der Waals surface area contributed by atoms with E-state index in [9.17, 15) is 24.5 Å². The van der Waals surface area contributed by atoms with Gasteiger partial charge in [-0.1, -0.05) is 35.4 Å². The Balaban J connectivity index is 1.65. The van der Waals surface area contributed by atoms with E-state index >= 15 is 0 Å². The quantitative estimate of drug-likeness (QED) is 0.176. The molecule has 4 amide bonds. The van der Waals surface area contributed by atoms with E-state index in [0.717, 1.165) is 22.8 Å². The Kier molecular flexibility index (Phi) is 7.58. The van der Waals surface area contributed by atoms with Gasteiger partial charge in [-0.25, -0.2) is 9.69 Å². The smallest absolute Gasteiger partial charge is 0.335 e. The topological polar surface area (TPSA) is 128 Å². The number of nitro groups is 1. The van der Waals surface area contributed by atoms with E-state index in [-0.39, 0.29) is 16.9 Å². The summed E-state index contributed by atoms with van der Waals surface area (Å²) in [6, 6.07) is 13.3. The molecule has 1 fully saturated rings. The Bertz CT molecular complexity index is 1500. The van der Waals surface area contributed by atoms with Gasteiger partial charge in [0.2, 0.25) is 0 Å². The number of ether oxygens (including phenoxy) is 2. The lowest BCUT2D eigenvalue weighted by Gasteiger charge is -2.26. The van der Waals surface area contributed by atoms with E-state index in [4.69, 9.17) is 9.47 Å². The van der Waals surface area contributed by atoms with Crippen molar-refractivity contribution >= 4 is 51.2 Å². The molecule has 0 atom stereocenters. The number of non-ortho nitro benzene ring substituents is 1. The molecule has 1 aliphatic heterocycles. The summed E-state index contributed by atoms with van der Waals surface area (Å²) in [5, 5.41) is 13.2. The lowest BCUT2D eigenvalue weighted by Crippen LogP contribution is -2.54. The largest absolute Gasteiger partial charge is 0.493 e. The summed E-state index contributed by atoms with van der Waals surface area (Å²) in [6.45, 7) is 4.30. The number of rotatable bonds is 7. The average molecular weight is 580 g/mol. The van der Waals surface area contributed by atoms with Crippen LogP contribution in [0.15, 0.2) is 64.6 Å². The van der Waals surface area contributed by atoms with Crippen molar-refractivity contribution in [3.8, 4) is 11.5 Å². The summed E-state index contributed by atoms with van der Waals surface area (Å²) >= 11 is 3.47. The van der Waals surface area contributed by atoms with Crippen LogP contribution in [0.2, 0.25) is 0 Å². The van der Waals surface area contributed by atoms with Crippen LogP contribution < -0.4 is 19.7 Å². The fourth-order valence-electron chi connectivity index (χ4n) is 4.08. The van der Waals surface area contributed by atoms with Crippen LogP contribution in [0.5, 0.6) is 11.5 Å². The Morgan fingerprint density at radius 2 is 1.76 bits per heavy atom. The molecule has 0 aliphatic carbocycles. The van der Waals surface area contributed by atoms with E-state index in [1.54, 1.807) is 12.1 Å². The van der Waals surface area contributed by atoms with Gasteiger partial charge in [0.25, 0.3) is 17.5 Å². The second kappa shape index (κ2) is 10.9.